The molecule has 0 aliphatic carbocycles. The number of halogens is 2. The predicted octanol–water partition coefficient (Wildman–Crippen LogP) is 4.89. The molecule has 0 bridgehead atoms. The third kappa shape index (κ3) is 4.07. The fourth-order valence-electron chi connectivity index (χ4n) is 2.27. The van der Waals surface area contributed by atoms with Crippen LogP contribution in [0, 0.1) is 0 Å². The summed E-state index contributed by atoms with van der Waals surface area (Å²) in [4.78, 5) is 2.14. The van der Waals surface area contributed by atoms with Crippen molar-refractivity contribution in [1.29, 1.82) is 0 Å². The first-order valence-electron chi connectivity index (χ1n) is 7.12. The highest BCUT2D eigenvalue weighted by Gasteiger charge is 2.13. The van der Waals surface area contributed by atoms with Crippen LogP contribution >= 0.6 is 31.9 Å². The lowest BCUT2D eigenvalue weighted by Crippen LogP contribution is -2.17. The zero-order chi connectivity index (χ0) is 16.2. The Morgan fingerprint density at radius 3 is 2.35 bits per heavy atom. The van der Waals surface area contributed by atoms with Crippen molar-refractivity contribution in [3.05, 3.63) is 68.9 Å². The lowest BCUT2D eigenvalue weighted by molar-refractivity contribution is 0.282. The van der Waals surface area contributed by atoms with Gasteiger partial charge in [-0.15, -0.1) is 10.2 Å². The van der Waals surface area contributed by atoms with E-state index < -0.39 is 0 Å². The molecule has 6 heteroatoms. The minimum atomic E-state index is 0.529. The van der Waals surface area contributed by atoms with Gasteiger partial charge in [-0.1, -0.05) is 46.3 Å². The largest absolute Gasteiger partial charge is 0.419 e. The summed E-state index contributed by atoms with van der Waals surface area (Å²) in [7, 11) is 2.03. The van der Waals surface area contributed by atoms with Gasteiger partial charge in [0, 0.05) is 15.5 Å². The molecule has 0 amide bonds. The van der Waals surface area contributed by atoms with Crippen molar-refractivity contribution in [3.8, 4) is 11.5 Å². The molecule has 3 aromatic rings. The number of rotatable bonds is 5. The van der Waals surface area contributed by atoms with Crippen molar-refractivity contribution >= 4 is 31.9 Å². The Labute approximate surface area is 151 Å². The quantitative estimate of drug-likeness (QED) is 0.570. The van der Waals surface area contributed by atoms with Gasteiger partial charge >= 0.3 is 0 Å². The van der Waals surface area contributed by atoms with Gasteiger partial charge in [-0.3, -0.25) is 4.90 Å². The molecule has 2 aromatic carbocycles. The molecule has 1 heterocycles. The van der Waals surface area contributed by atoms with E-state index >= 15 is 0 Å². The Bertz CT molecular complexity index is 804. The maximum Gasteiger partial charge on any atom is 0.248 e. The molecule has 23 heavy (non-hydrogen) atoms. The van der Waals surface area contributed by atoms with E-state index in [0.29, 0.717) is 18.3 Å². The molecule has 0 saturated carbocycles. The van der Waals surface area contributed by atoms with Crippen LogP contribution in [0.3, 0.4) is 0 Å². The third-order valence-corrected chi connectivity index (χ3v) is 4.84. The summed E-state index contributed by atoms with van der Waals surface area (Å²) in [6.07, 6.45) is 0. The SMILES string of the molecule is CN(Cc1nnc(-c2ccccc2Br)o1)Cc1ccccc1Br. The Hall–Kier alpha value is -1.50. The molecule has 3 rings (SSSR count). The molecule has 1 aromatic heterocycles. The molecule has 4 nitrogen and oxygen atoms in total. The molecule has 118 valence electrons. The minimum Gasteiger partial charge on any atom is -0.419 e. The highest BCUT2D eigenvalue weighted by atomic mass is 79.9. The van der Waals surface area contributed by atoms with Crippen molar-refractivity contribution in [1.82, 2.24) is 15.1 Å². The minimum absolute atomic E-state index is 0.529. The first kappa shape index (κ1) is 16.4. The van der Waals surface area contributed by atoms with E-state index in [2.05, 4.69) is 53.0 Å². The van der Waals surface area contributed by atoms with Crippen LogP contribution in [0.4, 0.5) is 0 Å². The molecule has 0 saturated heterocycles. The number of aromatic nitrogens is 2. The zero-order valence-corrected chi connectivity index (χ0v) is 15.7. The molecule has 0 unspecified atom stereocenters. The van der Waals surface area contributed by atoms with E-state index in [-0.39, 0.29) is 0 Å². The third-order valence-electron chi connectivity index (χ3n) is 3.37. The van der Waals surface area contributed by atoms with Crippen molar-refractivity contribution in [2.75, 3.05) is 7.05 Å². The lowest BCUT2D eigenvalue weighted by atomic mass is 10.2. The van der Waals surface area contributed by atoms with Crippen LogP contribution in [-0.2, 0) is 13.1 Å². The second kappa shape index (κ2) is 7.38. The molecule has 0 spiro atoms. The first-order valence-corrected chi connectivity index (χ1v) is 8.71. The van der Waals surface area contributed by atoms with E-state index in [1.165, 1.54) is 5.56 Å². The van der Waals surface area contributed by atoms with E-state index in [1.54, 1.807) is 0 Å². The van der Waals surface area contributed by atoms with Crippen LogP contribution in [0.25, 0.3) is 11.5 Å². The standard InChI is InChI=1S/C17H15Br2N3O/c1-22(10-12-6-2-4-8-14(12)18)11-16-20-21-17(23-16)13-7-3-5-9-15(13)19/h2-9H,10-11H2,1H3. The first-order chi connectivity index (χ1) is 11.1. The molecule has 0 N–H and O–H groups in total. The van der Waals surface area contributed by atoms with E-state index in [0.717, 1.165) is 21.1 Å². The van der Waals surface area contributed by atoms with Crippen molar-refractivity contribution in [3.63, 3.8) is 0 Å². The van der Waals surface area contributed by atoms with Crippen LogP contribution in [0.1, 0.15) is 11.5 Å². The number of nitrogens with zero attached hydrogens (tertiary/aromatic N) is 3. The second-order valence-corrected chi connectivity index (χ2v) is 6.95. The van der Waals surface area contributed by atoms with Gasteiger partial charge in [0.2, 0.25) is 11.8 Å². The van der Waals surface area contributed by atoms with Gasteiger partial charge in [0.15, 0.2) is 0 Å². The summed E-state index contributed by atoms with van der Waals surface area (Å²) < 4.78 is 7.83. The zero-order valence-electron chi connectivity index (χ0n) is 12.5. The van der Waals surface area contributed by atoms with Gasteiger partial charge in [0.25, 0.3) is 0 Å². The summed E-state index contributed by atoms with van der Waals surface area (Å²) in [5, 5.41) is 8.29. The smallest absolute Gasteiger partial charge is 0.248 e. The maximum atomic E-state index is 5.78. The fourth-order valence-corrected chi connectivity index (χ4v) is 3.13. The average Bonchev–Trinajstić information content (AvgIpc) is 2.98. The van der Waals surface area contributed by atoms with Gasteiger partial charge in [0.05, 0.1) is 12.1 Å². The Morgan fingerprint density at radius 2 is 1.61 bits per heavy atom. The second-order valence-electron chi connectivity index (χ2n) is 5.24. The van der Waals surface area contributed by atoms with Crippen LogP contribution < -0.4 is 0 Å². The number of hydrogen-bond acceptors (Lipinski definition) is 4. The highest BCUT2D eigenvalue weighted by molar-refractivity contribution is 9.10. The Morgan fingerprint density at radius 1 is 0.913 bits per heavy atom. The molecule has 0 aliphatic rings. The van der Waals surface area contributed by atoms with Gasteiger partial charge in [-0.05, 0) is 46.7 Å². The monoisotopic (exact) mass is 435 g/mol. The summed E-state index contributed by atoms with van der Waals surface area (Å²) >= 11 is 7.07. The molecule has 0 atom stereocenters. The summed E-state index contributed by atoms with van der Waals surface area (Å²) in [6.45, 7) is 1.40. The van der Waals surface area contributed by atoms with Gasteiger partial charge in [-0.25, -0.2) is 0 Å². The molecule has 0 fully saturated rings. The van der Waals surface area contributed by atoms with Crippen molar-refractivity contribution < 1.29 is 4.42 Å². The fraction of sp³-hybridized carbons (Fsp3) is 0.176. The van der Waals surface area contributed by atoms with E-state index in [4.69, 9.17) is 4.42 Å². The number of benzene rings is 2. The lowest BCUT2D eigenvalue weighted by Gasteiger charge is -2.15. The summed E-state index contributed by atoms with van der Waals surface area (Å²) in [5.41, 5.74) is 2.13. The maximum absolute atomic E-state index is 5.78. The van der Waals surface area contributed by atoms with Gasteiger partial charge < -0.3 is 4.42 Å². The van der Waals surface area contributed by atoms with Crippen LogP contribution in [0.2, 0.25) is 0 Å². The summed E-state index contributed by atoms with van der Waals surface area (Å²) in [6, 6.07) is 16.0. The van der Waals surface area contributed by atoms with E-state index in [1.807, 2.05) is 49.5 Å². The van der Waals surface area contributed by atoms with Crippen molar-refractivity contribution in [2.24, 2.45) is 0 Å². The normalized spacial score (nSPS) is 11.1. The average molecular weight is 437 g/mol. The summed E-state index contributed by atoms with van der Waals surface area (Å²) in [5.74, 6) is 1.13. The molecular weight excluding hydrogens is 422 g/mol. The number of hydrogen-bond donors (Lipinski definition) is 0. The van der Waals surface area contributed by atoms with Crippen LogP contribution in [0.5, 0.6) is 0 Å². The Balaban J connectivity index is 1.70. The van der Waals surface area contributed by atoms with Gasteiger partial charge in [-0.2, -0.15) is 0 Å². The van der Waals surface area contributed by atoms with Crippen molar-refractivity contribution in [2.45, 2.75) is 13.1 Å². The molecule has 0 radical (unpaired) electrons. The molecular formula is C17H15Br2N3O. The topological polar surface area (TPSA) is 42.2 Å². The van der Waals surface area contributed by atoms with Crippen LogP contribution in [0.15, 0.2) is 61.9 Å². The van der Waals surface area contributed by atoms with Crippen LogP contribution in [-0.4, -0.2) is 22.1 Å². The van der Waals surface area contributed by atoms with Gasteiger partial charge in [0.1, 0.15) is 0 Å². The molecule has 0 aliphatic heterocycles. The predicted molar refractivity (Wildman–Crippen MR) is 96.7 cm³/mol. The highest BCUT2D eigenvalue weighted by Crippen LogP contribution is 2.27. The Kier molecular flexibility index (Phi) is 5.25. The van der Waals surface area contributed by atoms with E-state index in [9.17, 15) is 0 Å².